The molecule has 10 heteroatoms. The predicted molar refractivity (Wildman–Crippen MR) is 147 cm³/mol. The molecule has 1 N–H and O–H groups in total. The van der Waals surface area contributed by atoms with Crippen molar-refractivity contribution >= 4 is 26.6 Å². The van der Waals surface area contributed by atoms with Gasteiger partial charge in [0.15, 0.2) is 0 Å². The van der Waals surface area contributed by atoms with Crippen molar-refractivity contribution in [1.29, 1.82) is 0 Å². The van der Waals surface area contributed by atoms with Gasteiger partial charge in [-0.25, -0.2) is 0 Å². The predicted octanol–water partition coefficient (Wildman–Crippen LogP) is 2.74. The molecule has 0 aliphatic carbocycles. The first-order valence-corrected chi connectivity index (χ1v) is 19.9. The Labute approximate surface area is 209 Å². The maximum absolute atomic E-state index is 5.96. The fourth-order valence-electron chi connectivity index (χ4n) is 4.64. The Morgan fingerprint density at radius 2 is 1.42 bits per heavy atom. The van der Waals surface area contributed by atoms with Crippen LogP contribution in [0.3, 0.4) is 0 Å². The lowest BCUT2D eigenvalue weighted by atomic mass is 10.1. The molecule has 1 heterocycles. The summed E-state index contributed by atoms with van der Waals surface area (Å²) in [6, 6.07) is 1.04. The van der Waals surface area contributed by atoms with Crippen LogP contribution in [0.25, 0.3) is 0 Å². The van der Waals surface area contributed by atoms with E-state index in [1.165, 1.54) is 71.2 Å². The second kappa shape index (κ2) is 17.7. The average Bonchev–Trinajstić information content (AvgIpc) is 2.84. The molecule has 7 nitrogen and oxygen atoms in total. The fraction of sp³-hybridized carbons (Fsp3) is 1.00. The van der Waals surface area contributed by atoms with Gasteiger partial charge in [-0.15, -0.1) is 0 Å². The molecule has 0 amide bonds. The average molecular weight is 522 g/mol. The van der Waals surface area contributed by atoms with E-state index >= 15 is 0 Å². The zero-order valence-electron chi connectivity index (χ0n) is 22.9. The van der Waals surface area contributed by atoms with Crippen LogP contribution in [0.1, 0.15) is 44.9 Å². The lowest BCUT2D eigenvalue weighted by Gasteiger charge is -2.32. The summed E-state index contributed by atoms with van der Waals surface area (Å²) < 4.78 is 23.1. The van der Waals surface area contributed by atoms with Gasteiger partial charge in [-0.2, -0.15) is 0 Å². The highest BCUT2D eigenvalue weighted by molar-refractivity contribution is 6.77. The molecule has 0 aromatic rings. The largest absolute Gasteiger partial charge is 0.398 e. The first-order valence-electron chi connectivity index (χ1n) is 13.1. The number of rotatable bonds is 20. The molecule has 0 spiro atoms. The van der Waals surface area contributed by atoms with Crippen molar-refractivity contribution in [3.8, 4) is 0 Å². The van der Waals surface area contributed by atoms with E-state index in [1.54, 1.807) is 14.2 Å². The van der Waals surface area contributed by atoms with Gasteiger partial charge in [0.25, 0.3) is 0 Å². The van der Waals surface area contributed by atoms with Crippen LogP contribution >= 0.6 is 0 Å². The molecule has 198 valence electrons. The third-order valence-electron chi connectivity index (χ3n) is 7.69. The molecular formula is C23H55N3O4Si3. The Kier molecular flexibility index (Phi) is 16.9. The van der Waals surface area contributed by atoms with Gasteiger partial charge in [-0.05, 0) is 63.4 Å². The lowest BCUT2D eigenvalue weighted by molar-refractivity contribution is 0.152. The summed E-state index contributed by atoms with van der Waals surface area (Å²) in [6.07, 6.45) is 10.3. The zero-order valence-corrected chi connectivity index (χ0v) is 26.3. The number of nitrogens with zero attached hydrogens (tertiary/aromatic N) is 2. The van der Waals surface area contributed by atoms with Crippen LogP contribution in [0, 0.1) is 0 Å². The van der Waals surface area contributed by atoms with Gasteiger partial charge in [-0.1, -0.05) is 32.1 Å². The Bertz CT molecular complexity index is 478. The summed E-state index contributed by atoms with van der Waals surface area (Å²) in [4.78, 5) is 5.07. The summed E-state index contributed by atoms with van der Waals surface area (Å²) in [5, 5.41) is 4.35. The third-order valence-corrected chi connectivity index (χ3v) is 18.9. The van der Waals surface area contributed by atoms with Crippen LogP contribution in [0.4, 0.5) is 0 Å². The van der Waals surface area contributed by atoms with E-state index in [0.29, 0.717) is 5.16 Å². The summed E-state index contributed by atoms with van der Waals surface area (Å²) in [6.45, 7) is 11.7. The maximum Gasteiger partial charge on any atom is 0.334 e. The minimum atomic E-state index is -2.06. The molecule has 1 fully saturated rings. The van der Waals surface area contributed by atoms with E-state index in [1.807, 2.05) is 14.2 Å². The van der Waals surface area contributed by atoms with Gasteiger partial charge in [0.1, 0.15) is 0 Å². The van der Waals surface area contributed by atoms with E-state index in [-0.39, 0.29) is 9.52 Å². The van der Waals surface area contributed by atoms with E-state index < -0.39 is 17.1 Å². The SMILES string of the molecule is CO[Si](C)(CCCNC[SiH2]C(CCCCCCCN1CCN(C)CC1)[Si](C)(OC)OC)OC. The Morgan fingerprint density at radius 1 is 0.818 bits per heavy atom. The molecular weight excluding hydrogens is 467 g/mol. The van der Waals surface area contributed by atoms with Crippen molar-refractivity contribution in [2.45, 2.75) is 69.2 Å². The monoisotopic (exact) mass is 521 g/mol. The molecule has 1 aliphatic rings. The molecule has 1 saturated heterocycles. The van der Waals surface area contributed by atoms with Crippen LogP contribution in [-0.4, -0.2) is 117 Å². The summed E-state index contributed by atoms with van der Waals surface area (Å²) in [7, 11) is 5.19. The van der Waals surface area contributed by atoms with E-state index in [0.717, 1.165) is 25.2 Å². The molecule has 0 aromatic heterocycles. The molecule has 1 atom stereocenters. The first-order chi connectivity index (χ1) is 15.8. The van der Waals surface area contributed by atoms with Crippen molar-refractivity contribution in [2.75, 3.05) is 80.9 Å². The molecule has 33 heavy (non-hydrogen) atoms. The molecule has 0 aromatic carbocycles. The fourth-order valence-corrected chi connectivity index (χ4v) is 12.5. The Morgan fingerprint density at radius 3 is 2.03 bits per heavy atom. The van der Waals surface area contributed by atoms with Crippen LogP contribution in [0.5, 0.6) is 0 Å². The highest BCUT2D eigenvalue weighted by Crippen LogP contribution is 2.28. The van der Waals surface area contributed by atoms with Crippen molar-refractivity contribution in [1.82, 2.24) is 15.1 Å². The number of piperazine rings is 1. The second-order valence-electron chi connectivity index (χ2n) is 10.0. The minimum Gasteiger partial charge on any atom is -0.398 e. The normalized spacial score (nSPS) is 17.9. The van der Waals surface area contributed by atoms with Crippen molar-refractivity contribution < 1.29 is 17.7 Å². The number of hydrogen-bond donors (Lipinski definition) is 1. The number of nitrogens with one attached hydrogen (secondary N) is 1. The van der Waals surface area contributed by atoms with E-state index in [4.69, 9.17) is 17.7 Å². The molecule has 0 radical (unpaired) electrons. The highest BCUT2D eigenvalue weighted by atomic mass is 28.4. The molecule has 1 aliphatic heterocycles. The molecule has 0 bridgehead atoms. The third kappa shape index (κ3) is 12.8. The van der Waals surface area contributed by atoms with E-state index in [9.17, 15) is 0 Å². The summed E-state index contributed by atoms with van der Waals surface area (Å²) >= 11 is 0. The van der Waals surface area contributed by atoms with E-state index in [2.05, 4.69) is 35.3 Å². The van der Waals surface area contributed by atoms with Crippen molar-refractivity contribution in [3.05, 3.63) is 0 Å². The maximum atomic E-state index is 5.96. The summed E-state index contributed by atoms with van der Waals surface area (Å²) in [5.74, 6) is 0. The molecule has 1 unspecified atom stereocenters. The van der Waals surface area contributed by atoms with Gasteiger partial charge in [0, 0.05) is 64.1 Å². The summed E-state index contributed by atoms with van der Waals surface area (Å²) in [5.41, 5.74) is 0. The van der Waals surface area contributed by atoms with Gasteiger partial charge in [0.2, 0.25) is 0 Å². The van der Waals surface area contributed by atoms with Crippen LogP contribution in [0.2, 0.25) is 24.3 Å². The zero-order chi connectivity index (χ0) is 24.6. The van der Waals surface area contributed by atoms with Crippen molar-refractivity contribution in [3.63, 3.8) is 0 Å². The lowest BCUT2D eigenvalue weighted by Crippen LogP contribution is -2.46. The van der Waals surface area contributed by atoms with Gasteiger partial charge in [-0.3, -0.25) is 0 Å². The number of hydrogen-bond acceptors (Lipinski definition) is 7. The van der Waals surface area contributed by atoms with Gasteiger partial charge < -0.3 is 32.8 Å². The quantitative estimate of drug-likeness (QED) is 0.195. The van der Waals surface area contributed by atoms with Crippen molar-refractivity contribution in [2.24, 2.45) is 0 Å². The smallest absolute Gasteiger partial charge is 0.334 e. The van der Waals surface area contributed by atoms with Crippen LogP contribution in [0.15, 0.2) is 0 Å². The molecule has 0 saturated carbocycles. The van der Waals surface area contributed by atoms with Crippen LogP contribution < -0.4 is 5.32 Å². The Balaban J connectivity index is 2.22. The van der Waals surface area contributed by atoms with Crippen LogP contribution in [-0.2, 0) is 17.7 Å². The number of likely N-dealkylation sites (N-methyl/N-ethyl adjacent to an activating group) is 1. The van der Waals surface area contributed by atoms with Gasteiger partial charge in [0.05, 0.1) is 0 Å². The topological polar surface area (TPSA) is 55.4 Å². The number of unbranched alkanes of at least 4 members (excludes halogenated alkanes) is 4. The standard InChI is InChI=1S/C23H55N3O4Si3/c1-25-17-19-26(20-18-25)16-12-10-8-9-11-14-23(33(7,29-4)30-5)31-22-24-15-13-21-32(6,27-2)28-3/h23-24H,8-22,31H2,1-7H3. The second-order valence-corrected chi connectivity index (χ2v) is 20.1. The molecule has 1 rings (SSSR count). The Hall–Kier alpha value is 0.371. The van der Waals surface area contributed by atoms with Gasteiger partial charge >= 0.3 is 17.1 Å². The minimum absolute atomic E-state index is 0.296. The highest BCUT2D eigenvalue weighted by Gasteiger charge is 2.38. The first kappa shape index (κ1) is 31.4.